The highest BCUT2D eigenvalue weighted by Crippen LogP contribution is 2.31. The van der Waals surface area contributed by atoms with E-state index < -0.39 is 9.84 Å². The number of para-hydroxylation sites is 1. The van der Waals surface area contributed by atoms with Crippen molar-refractivity contribution >= 4 is 27.4 Å². The van der Waals surface area contributed by atoms with Gasteiger partial charge in [-0.25, -0.2) is 18.2 Å². The number of hydrogen-bond donors (Lipinski definition) is 1. The molecule has 1 aliphatic rings. The number of anilines is 2. The van der Waals surface area contributed by atoms with Gasteiger partial charge >= 0.3 is 6.03 Å². The lowest BCUT2D eigenvalue weighted by Gasteiger charge is -2.28. The molecule has 0 atom stereocenters. The minimum Gasteiger partial charge on any atom is -0.488 e. The number of rotatable bonds is 8. The highest BCUT2D eigenvalue weighted by Gasteiger charge is 2.25. The van der Waals surface area contributed by atoms with Crippen LogP contribution in [0.1, 0.15) is 37.3 Å². The molecule has 8 heteroatoms. The predicted molar refractivity (Wildman–Crippen MR) is 133 cm³/mol. The average Bonchev–Trinajstić information content (AvgIpc) is 2.84. The van der Waals surface area contributed by atoms with E-state index in [2.05, 4.69) is 17.2 Å². The van der Waals surface area contributed by atoms with Crippen molar-refractivity contribution < 1.29 is 17.9 Å². The van der Waals surface area contributed by atoms with Gasteiger partial charge in [0.1, 0.15) is 6.61 Å². The van der Waals surface area contributed by atoms with Crippen LogP contribution in [0.5, 0.6) is 5.75 Å². The molecule has 4 rings (SSSR count). The van der Waals surface area contributed by atoms with Crippen molar-refractivity contribution in [3.8, 4) is 5.75 Å². The van der Waals surface area contributed by atoms with Gasteiger partial charge in [0.05, 0.1) is 17.2 Å². The minimum atomic E-state index is -3.30. The number of nitrogens with one attached hydrogen (secondary N) is 1. The predicted octanol–water partition coefficient (Wildman–Crippen LogP) is 5.07. The molecular formula is C26H29N3O4S. The summed E-state index contributed by atoms with van der Waals surface area (Å²) < 4.78 is 31.1. The van der Waals surface area contributed by atoms with Gasteiger partial charge in [0, 0.05) is 11.9 Å². The maximum atomic E-state index is 12.8. The molecule has 0 unspecified atom stereocenters. The Labute approximate surface area is 200 Å². The Bertz CT molecular complexity index is 1250. The van der Waals surface area contributed by atoms with Crippen molar-refractivity contribution in [3.05, 3.63) is 78.0 Å². The fraction of sp³-hybridized carbons (Fsp3) is 0.308. The zero-order valence-corrected chi connectivity index (χ0v) is 20.1. The van der Waals surface area contributed by atoms with Gasteiger partial charge in [-0.15, -0.1) is 0 Å². The fourth-order valence-corrected chi connectivity index (χ4v) is 5.33. The summed E-state index contributed by atoms with van der Waals surface area (Å²) in [6.45, 7) is 2.82. The van der Waals surface area contributed by atoms with Crippen LogP contribution >= 0.6 is 0 Å². The molecule has 1 N–H and O–H groups in total. The van der Waals surface area contributed by atoms with Crippen LogP contribution in [0.25, 0.3) is 0 Å². The Morgan fingerprint density at radius 2 is 1.88 bits per heavy atom. The molecule has 2 amide bonds. The maximum Gasteiger partial charge on any atom is 0.327 e. The van der Waals surface area contributed by atoms with E-state index in [0.717, 1.165) is 24.0 Å². The Balaban J connectivity index is 1.48. The van der Waals surface area contributed by atoms with Crippen LogP contribution in [0, 0.1) is 0 Å². The number of fused-ring (bicyclic) bond motifs is 1. The van der Waals surface area contributed by atoms with Crippen LogP contribution in [0.4, 0.5) is 16.3 Å². The van der Waals surface area contributed by atoms with Gasteiger partial charge < -0.3 is 10.1 Å². The number of amides is 2. The average molecular weight is 480 g/mol. The third kappa shape index (κ3) is 5.75. The highest BCUT2D eigenvalue weighted by atomic mass is 32.2. The number of unbranched alkanes of at least 4 members (excludes halogenated alkanes) is 2. The largest absolute Gasteiger partial charge is 0.488 e. The van der Waals surface area contributed by atoms with Gasteiger partial charge in [0.2, 0.25) is 0 Å². The van der Waals surface area contributed by atoms with Crippen molar-refractivity contribution in [3.63, 3.8) is 0 Å². The first kappa shape index (κ1) is 23.8. The third-order valence-corrected chi connectivity index (χ3v) is 7.47. The lowest BCUT2D eigenvalue weighted by molar-refractivity contribution is 0.249. The summed E-state index contributed by atoms with van der Waals surface area (Å²) in [7, 11) is -3.30. The van der Waals surface area contributed by atoms with Gasteiger partial charge in [-0.1, -0.05) is 50.1 Å². The number of benzene rings is 2. The number of ether oxygens (including phenoxy) is 1. The molecule has 178 valence electrons. The van der Waals surface area contributed by atoms with Crippen LogP contribution in [-0.2, 0) is 16.3 Å². The number of sulfone groups is 1. The smallest absolute Gasteiger partial charge is 0.327 e. The molecule has 2 aromatic carbocycles. The second kappa shape index (κ2) is 10.7. The molecule has 0 aliphatic carbocycles. The van der Waals surface area contributed by atoms with E-state index >= 15 is 0 Å². The van der Waals surface area contributed by atoms with Gasteiger partial charge in [-0.2, -0.15) is 0 Å². The molecule has 1 aliphatic heterocycles. The molecule has 0 saturated carbocycles. The Kier molecular flexibility index (Phi) is 7.47. The second-order valence-electron chi connectivity index (χ2n) is 8.31. The summed E-state index contributed by atoms with van der Waals surface area (Å²) in [6.07, 6.45) is 4.77. The fourth-order valence-electron chi connectivity index (χ4n) is 3.89. The normalized spacial score (nSPS) is 13.1. The van der Waals surface area contributed by atoms with E-state index in [1.807, 2.05) is 42.5 Å². The lowest BCUT2D eigenvalue weighted by atomic mass is 10.1. The van der Waals surface area contributed by atoms with Crippen LogP contribution in [0.15, 0.2) is 71.8 Å². The number of carbonyl (C=O) groups is 1. The summed E-state index contributed by atoms with van der Waals surface area (Å²) in [5.41, 5.74) is 2.47. The van der Waals surface area contributed by atoms with Crippen LogP contribution in [-0.4, -0.2) is 38.3 Å². The van der Waals surface area contributed by atoms with Crippen molar-refractivity contribution in [1.29, 1.82) is 0 Å². The number of aromatic nitrogens is 1. The topological polar surface area (TPSA) is 88.6 Å². The first-order chi connectivity index (χ1) is 16.5. The standard InChI is InChI=1S/C26H29N3O4S/c1-2-3-7-15-34(31,32)23-12-8-9-20(17-23)16-21-18-24-25(27-19-21)29(13-14-33-24)26(30)28-22-10-5-4-6-11-22/h4-6,8-12,17-19H,2-3,7,13-16H2,1H3,(H,28,30). The zero-order valence-electron chi connectivity index (χ0n) is 19.2. The summed E-state index contributed by atoms with van der Waals surface area (Å²) in [6, 6.07) is 17.9. The molecular weight excluding hydrogens is 450 g/mol. The minimum absolute atomic E-state index is 0.166. The van der Waals surface area contributed by atoms with E-state index in [9.17, 15) is 13.2 Å². The van der Waals surface area contributed by atoms with Crippen LogP contribution < -0.4 is 15.0 Å². The van der Waals surface area contributed by atoms with Crippen molar-refractivity contribution in [2.24, 2.45) is 0 Å². The van der Waals surface area contributed by atoms with Gasteiger partial charge in [0.25, 0.3) is 0 Å². The molecule has 0 saturated heterocycles. The summed E-state index contributed by atoms with van der Waals surface area (Å²) in [5.74, 6) is 1.17. The van der Waals surface area contributed by atoms with Crippen LogP contribution in [0.2, 0.25) is 0 Å². The Hall–Kier alpha value is -3.39. The van der Waals surface area contributed by atoms with E-state index in [1.165, 1.54) is 0 Å². The zero-order chi connectivity index (χ0) is 24.0. The molecule has 0 radical (unpaired) electrons. The number of nitrogens with zero attached hydrogens (tertiary/aromatic N) is 2. The monoisotopic (exact) mass is 479 g/mol. The molecule has 0 spiro atoms. The van der Waals surface area contributed by atoms with Gasteiger partial charge in [-0.05, 0) is 54.3 Å². The third-order valence-electron chi connectivity index (χ3n) is 5.67. The summed E-state index contributed by atoms with van der Waals surface area (Å²) in [4.78, 5) is 19.2. The molecule has 0 fully saturated rings. The molecule has 1 aromatic heterocycles. The van der Waals surface area contributed by atoms with Crippen molar-refractivity contribution in [2.75, 3.05) is 29.1 Å². The first-order valence-electron chi connectivity index (χ1n) is 11.5. The number of urea groups is 1. The number of pyridine rings is 1. The van der Waals surface area contributed by atoms with E-state index in [1.54, 1.807) is 29.3 Å². The Morgan fingerprint density at radius 1 is 1.06 bits per heavy atom. The molecule has 3 aromatic rings. The van der Waals surface area contributed by atoms with Crippen LogP contribution in [0.3, 0.4) is 0 Å². The molecule has 7 nitrogen and oxygen atoms in total. The van der Waals surface area contributed by atoms with E-state index in [0.29, 0.717) is 48.1 Å². The first-order valence-corrected chi connectivity index (χ1v) is 13.2. The van der Waals surface area contributed by atoms with Crippen molar-refractivity contribution in [2.45, 2.75) is 37.5 Å². The number of carbonyl (C=O) groups excluding carboxylic acids is 1. The highest BCUT2D eigenvalue weighted by molar-refractivity contribution is 7.91. The quantitative estimate of drug-likeness (QED) is 0.456. The molecule has 0 bridgehead atoms. The van der Waals surface area contributed by atoms with E-state index in [-0.39, 0.29) is 11.8 Å². The molecule has 2 heterocycles. The second-order valence-corrected chi connectivity index (χ2v) is 10.4. The summed E-state index contributed by atoms with van der Waals surface area (Å²) >= 11 is 0. The number of hydrogen-bond acceptors (Lipinski definition) is 5. The molecule has 34 heavy (non-hydrogen) atoms. The van der Waals surface area contributed by atoms with Gasteiger partial charge in [-0.3, -0.25) is 4.90 Å². The maximum absolute atomic E-state index is 12.8. The lowest BCUT2D eigenvalue weighted by Crippen LogP contribution is -2.41. The van der Waals surface area contributed by atoms with Crippen molar-refractivity contribution in [1.82, 2.24) is 4.98 Å². The van der Waals surface area contributed by atoms with Gasteiger partial charge in [0.15, 0.2) is 21.4 Å². The summed E-state index contributed by atoms with van der Waals surface area (Å²) in [5, 5.41) is 2.88. The Morgan fingerprint density at radius 3 is 2.68 bits per heavy atom. The van der Waals surface area contributed by atoms with E-state index in [4.69, 9.17) is 4.74 Å². The SMILES string of the molecule is CCCCCS(=O)(=O)c1cccc(Cc2cnc3c(c2)OCCN3C(=O)Nc2ccccc2)c1.